The highest BCUT2D eigenvalue weighted by Crippen LogP contribution is 2.22. The first kappa shape index (κ1) is 12.6. The number of aryl methyl sites for hydroxylation is 1. The van der Waals surface area contributed by atoms with Crippen LogP contribution < -0.4 is 5.73 Å². The highest BCUT2D eigenvalue weighted by atomic mass is 15.1. The third kappa shape index (κ3) is 3.83. The lowest BCUT2D eigenvalue weighted by molar-refractivity contribution is 0.312. The summed E-state index contributed by atoms with van der Waals surface area (Å²) in [5.74, 6) is 0.879. The van der Waals surface area contributed by atoms with Crippen molar-refractivity contribution >= 4 is 0 Å². The maximum atomic E-state index is 5.57. The van der Waals surface area contributed by atoms with Gasteiger partial charge in [-0.05, 0) is 50.8 Å². The summed E-state index contributed by atoms with van der Waals surface area (Å²) in [6.07, 6.45) is 3.84. The van der Waals surface area contributed by atoms with E-state index in [0.717, 1.165) is 19.0 Å². The van der Waals surface area contributed by atoms with Crippen molar-refractivity contribution in [3.05, 3.63) is 35.4 Å². The summed E-state index contributed by atoms with van der Waals surface area (Å²) in [5, 5.41) is 0. The standard InChI is InChI=1S/C15H24N2/c1-13-4-6-15(7-5-13)12-17-10-8-14(11-17)3-2-9-16/h4-7,14H,2-3,8-12,16H2,1H3. The van der Waals surface area contributed by atoms with Gasteiger partial charge in [-0.15, -0.1) is 0 Å². The van der Waals surface area contributed by atoms with Crippen LogP contribution in [0.25, 0.3) is 0 Å². The van der Waals surface area contributed by atoms with Gasteiger partial charge in [0.25, 0.3) is 0 Å². The molecule has 0 amide bonds. The van der Waals surface area contributed by atoms with Crippen LogP contribution in [-0.4, -0.2) is 24.5 Å². The lowest BCUT2D eigenvalue weighted by Crippen LogP contribution is -2.20. The van der Waals surface area contributed by atoms with Crippen LogP contribution in [0.5, 0.6) is 0 Å². The third-order valence-corrected chi connectivity index (χ3v) is 3.71. The molecular formula is C15H24N2. The summed E-state index contributed by atoms with van der Waals surface area (Å²) < 4.78 is 0. The molecule has 2 N–H and O–H groups in total. The van der Waals surface area contributed by atoms with Crippen molar-refractivity contribution in [2.75, 3.05) is 19.6 Å². The molecule has 17 heavy (non-hydrogen) atoms. The minimum absolute atomic E-state index is 0.842. The van der Waals surface area contributed by atoms with E-state index in [1.165, 1.54) is 43.5 Å². The Morgan fingerprint density at radius 3 is 2.76 bits per heavy atom. The van der Waals surface area contributed by atoms with Crippen LogP contribution in [-0.2, 0) is 6.54 Å². The van der Waals surface area contributed by atoms with E-state index in [-0.39, 0.29) is 0 Å². The number of nitrogens with two attached hydrogens (primary N) is 1. The molecule has 94 valence electrons. The molecule has 1 aliphatic rings. The van der Waals surface area contributed by atoms with Gasteiger partial charge in [0.2, 0.25) is 0 Å². The molecule has 1 saturated heterocycles. The molecule has 1 fully saturated rings. The van der Waals surface area contributed by atoms with Crippen molar-refractivity contribution in [1.29, 1.82) is 0 Å². The normalized spacial score (nSPS) is 20.9. The molecule has 0 bridgehead atoms. The van der Waals surface area contributed by atoms with Gasteiger partial charge >= 0.3 is 0 Å². The van der Waals surface area contributed by atoms with Crippen molar-refractivity contribution in [1.82, 2.24) is 4.90 Å². The highest BCUT2D eigenvalue weighted by molar-refractivity contribution is 5.21. The molecule has 1 aromatic carbocycles. The number of likely N-dealkylation sites (tertiary alicyclic amines) is 1. The van der Waals surface area contributed by atoms with Gasteiger partial charge < -0.3 is 5.73 Å². The van der Waals surface area contributed by atoms with Crippen LogP contribution in [0.2, 0.25) is 0 Å². The van der Waals surface area contributed by atoms with E-state index in [4.69, 9.17) is 5.73 Å². The number of hydrogen-bond acceptors (Lipinski definition) is 2. The van der Waals surface area contributed by atoms with Crippen molar-refractivity contribution in [3.63, 3.8) is 0 Å². The van der Waals surface area contributed by atoms with Crippen LogP contribution in [0.15, 0.2) is 24.3 Å². The maximum absolute atomic E-state index is 5.57. The lowest BCUT2D eigenvalue weighted by Gasteiger charge is -2.16. The zero-order valence-corrected chi connectivity index (χ0v) is 10.9. The average Bonchev–Trinajstić information content (AvgIpc) is 2.77. The van der Waals surface area contributed by atoms with Gasteiger partial charge in [-0.2, -0.15) is 0 Å². The molecule has 0 spiro atoms. The Bertz CT molecular complexity index is 331. The fraction of sp³-hybridized carbons (Fsp3) is 0.600. The second kappa shape index (κ2) is 6.18. The van der Waals surface area contributed by atoms with E-state index in [0.29, 0.717) is 0 Å². The van der Waals surface area contributed by atoms with E-state index in [2.05, 4.69) is 36.1 Å². The van der Waals surface area contributed by atoms with E-state index in [1.54, 1.807) is 0 Å². The molecule has 0 saturated carbocycles. The summed E-state index contributed by atoms with van der Waals surface area (Å²) in [5.41, 5.74) is 8.35. The molecule has 2 nitrogen and oxygen atoms in total. The summed E-state index contributed by atoms with van der Waals surface area (Å²) in [6, 6.07) is 8.92. The Morgan fingerprint density at radius 1 is 1.29 bits per heavy atom. The van der Waals surface area contributed by atoms with Gasteiger partial charge in [0.15, 0.2) is 0 Å². The van der Waals surface area contributed by atoms with Crippen molar-refractivity contribution < 1.29 is 0 Å². The fourth-order valence-corrected chi connectivity index (χ4v) is 2.65. The summed E-state index contributed by atoms with van der Waals surface area (Å²) >= 11 is 0. The minimum Gasteiger partial charge on any atom is -0.330 e. The molecule has 1 aromatic rings. The third-order valence-electron chi connectivity index (χ3n) is 3.71. The van der Waals surface area contributed by atoms with Gasteiger partial charge in [0.1, 0.15) is 0 Å². The van der Waals surface area contributed by atoms with Gasteiger partial charge in [-0.3, -0.25) is 4.90 Å². The van der Waals surface area contributed by atoms with E-state index in [9.17, 15) is 0 Å². The van der Waals surface area contributed by atoms with Crippen molar-refractivity contribution in [3.8, 4) is 0 Å². The summed E-state index contributed by atoms with van der Waals surface area (Å²) in [7, 11) is 0. The van der Waals surface area contributed by atoms with Gasteiger partial charge in [0.05, 0.1) is 0 Å². The Balaban J connectivity index is 1.79. The Hall–Kier alpha value is -0.860. The Labute approximate surface area is 105 Å². The minimum atomic E-state index is 0.842. The predicted molar refractivity (Wildman–Crippen MR) is 72.9 cm³/mol. The van der Waals surface area contributed by atoms with E-state index < -0.39 is 0 Å². The first-order valence-corrected chi connectivity index (χ1v) is 6.76. The molecule has 1 unspecified atom stereocenters. The zero-order valence-electron chi connectivity index (χ0n) is 10.9. The first-order chi connectivity index (χ1) is 8.28. The highest BCUT2D eigenvalue weighted by Gasteiger charge is 2.21. The molecule has 1 aliphatic heterocycles. The fourth-order valence-electron chi connectivity index (χ4n) is 2.65. The van der Waals surface area contributed by atoms with Gasteiger partial charge in [-0.1, -0.05) is 29.8 Å². The van der Waals surface area contributed by atoms with Gasteiger partial charge in [0, 0.05) is 13.1 Å². The number of nitrogens with zero attached hydrogens (tertiary/aromatic N) is 1. The van der Waals surface area contributed by atoms with Crippen molar-refractivity contribution in [2.45, 2.75) is 32.7 Å². The largest absolute Gasteiger partial charge is 0.330 e. The molecular weight excluding hydrogens is 208 g/mol. The van der Waals surface area contributed by atoms with Crippen molar-refractivity contribution in [2.24, 2.45) is 11.7 Å². The Kier molecular flexibility index (Phi) is 4.57. The maximum Gasteiger partial charge on any atom is 0.0233 e. The molecule has 1 atom stereocenters. The summed E-state index contributed by atoms with van der Waals surface area (Å²) in [4.78, 5) is 2.58. The smallest absolute Gasteiger partial charge is 0.0233 e. The predicted octanol–water partition coefficient (Wildman–Crippen LogP) is 2.56. The van der Waals surface area contributed by atoms with E-state index in [1.807, 2.05) is 0 Å². The molecule has 1 heterocycles. The molecule has 0 radical (unpaired) electrons. The molecule has 0 aromatic heterocycles. The lowest BCUT2D eigenvalue weighted by atomic mass is 10.0. The molecule has 2 rings (SSSR count). The van der Waals surface area contributed by atoms with Crippen LogP contribution in [0.4, 0.5) is 0 Å². The number of hydrogen-bond donors (Lipinski definition) is 1. The van der Waals surface area contributed by atoms with Crippen LogP contribution in [0.1, 0.15) is 30.4 Å². The monoisotopic (exact) mass is 232 g/mol. The SMILES string of the molecule is Cc1ccc(CN2CCC(CCCN)C2)cc1. The average molecular weight is 232 g/mol. The van der Waals surface area contributed by atoms with Gasteiger partial charge in [-0.25, -0.2) is 0 Å². The second-order valence-electron chi connectivity index (χ2n) is 5.31. The topological polar surface area (TPSA) is 29.3 Å². The van der Waals surface area contributed by atoms with E-state index >= 15 is 0 Å². The number of benzene rings is 1. The zero-order chi connectivity index (χ0) is 12.1. The van der Waals surface area contributed by atoms with Crippen LogP contribution in [0, 0.1) is 12.8 Å². The number of rotatable bonds is 5. The Morgan fingerprint density at radius 2 is 2.06 bits per heavy atom. The molecule has 0 aliphatic carbocycles. The van der Waals surface area contributed by atoms with Crippen LogP contribution >= 0.6 is 0 Å². The molecule has 2 heteroatoms. The first-order valence-electron chi connectivity index (χ1n) is 6.76. The second-order valence-corrected chi connectivity index (χ2v) is 5.31. The van der Waals surface area contributed by atoms with Crippen LogP contribution in [0.3, 0.4) is 0 Å². The quantitative estimate of drug-likeness (QED) is 0.845. The summed E-state index contributed by atoms with van der Waals surface area (Å²) in [6.45, 7) is 6.60.